The van der Waals surface area contributed by atoms with Crippen molar-refractivity contribution in [3.8, 4) is 0 Å². The lowest BCUT2D eigenvalue weighted by Gasteiger charge is -2.18. The molecule has 2 aromatic rings. The largest absolute Gasteiger partial charge is 0.309 e. The first-order valence-corrected chi connectivity index (χ1v) is 8.25. The van der Waals surface area contributed by atoms with E-state index in [-0.39, 0.29) is 6.04 Å². The molecule has 0 aliphatic rings. The topological polar surface area (TPSA) is 12.0 Å². The fraction of sp³-hybridized carbons (Fsp3) is 0.167. The minimum Gasteiger partial charge on any atom is -0.309 e. The average molecular weight is 430 g/mol. The highest BCUT2D eigenvalue weighted by molar-refractivity contribution is 9.12. The van der Waals surface area contributed by atoms with Crippen LogP contribution in [0.25, 0.3) is 0 Å². The smallest absolute Gasteiger partial charge is 0.0761 e. The average Bonchev–Trinajstić information content (AvgIpc) is 2.62. The minimum absolute atomic E-state index is 0.0340. The molecule has 1 unspecified atom stereocenters. The molecule has 0 amide bonds. The summed E-state index contributed by atoms with van der Waals surface area (Å²) in [4.78, 5) is 0. The first kappa shape index (κ1) is 14.8. The molecule has 1 heterocycles. The summed E-state index contributed by atoms with van der Waals surface area (Å²) in [6, 6.07) is 7.68. The molecular weight excluding hydrogens is 421 g/mol. The molecule has 0 saturated heterocycles. The number of nitrogens with one attached hydrogen (secondary N) is 1. The lowest BCUT2D eigenvalue weighted by Crippen LogP contribution is -2.17. The summed E-state index contributed by atoms with van der Waals surface area (Å²) >= 11 is 20.9. The zero-order chi connectivity index (χ0) is 13.3. The highest BCUT2D eigenvalue weighted by Crippen LogP contribution is 2.39. The van der Waals surface area contributed by atoms with E-state index in [2.05, 4.69) is 43.2 Å². The van der Waals surface area contributed by atoms with Gasteiger partial charge in [-0.05, 0) is 68.2 Å². The molecule has 18 heavy (non-hydrogen) atoms. The Labute approximate surface area is 137 Å². The van der Waals surface area contributed by atoms with Crippen LogP contribution < -0.4 is 5.32 Å². The molecule has 1 aromatic heterocycles. The molecule has 96 valence electrons. The number of rotatable bonds is 3. The summed E-state index contributed by atoms with van der Waals surface area (Å²) in [5.74, 6) is 0. The Morgan fingerprint density at radius 1 is 1.17 bits per heavy atom. The van der Waals surface area contributed by atoms with Crippen LogP contribution in [0.4, 0.5) is 0 Å². The molecule has 0 fully saturated rings. The third-order valence-corrected chi connectivity index (χ3v) is 5.50. The highest BCUT2D eigenvalue weighted by atomic mass is 79.9. The SMILES string of the molecule is CNC(c1ccc(Cl)cc1Cl)c1cc(Br)sc1Br. The quantitative estimate of drug-likeness (QED) is 0.641. The second-order valence-corrected chi connectivity index (χ2v) is 8.26. The molecule has 2 rings (SSSR count). The van der Waals surface area contributed by atoms with Gasteiger partial charge in [-0.25, -0.2) is 0 Å². The summed E-state index contributed by atoms with van der Waals surface area (Å²) in [7, 11) is 1.91. The summed E-state index contributed by atoms with van der Waals surface area (Å²) in [6.45, 7) is 0. The second kappa shape index (κ2) is 6.25. The van der Waals surface area contributed by atoms with Gasteiger partial charge < -0.3 is 5.32 Å². The molecule has 1 N–H and O–H groups in total. The molecule has 0 spiro atoms. The van der Waals surface area contributed by atoms with E-state index in [0.29, 0.717) is 10.0 Å². The van der Waals surface area contributed by atoms with Gasteiger partial charge in [0, 0.05) is 10.0 Å². The van der Waals surface area contributed by atoms with Crippen LogP contribution in [0, 0.1) is 0 Å². The van der Waals surface area contributed by atoms with Crippen molar-refractivity contribution < 1.29 is 0 Å². The maximum atomic E-state index is 6.26. The van der Waals surface area contributed by atoms with Crippen LogP contribution in [0.3, 0.4) is 0 Å². The van der Waals surface area contributed by atoms with Crippen molar-refractivity contribution in [3.63, 3.8) is 0 Å². The van der Waals surface area contributed by atoms with Crippen molar-refractivity contribution in [2.24, 2.45) is 0 Å². The molecule has 0 saturated carbocycles. The molecule has 0 aliphatic heterocycles. The predicted octanol–water partition coefficient (Wildman–Crippen LogP) is 5.89. The lowest BCUT2D eigenvalue weighted by atomic mass is 10.0. The number of hydrogen-bond donors (Lipinski definition) is 1. The van der Waals surface area contributed by atoms with Crippen LogP contribution in [0.2, 0.25) is 10.0 Å². The van der Waals surface area contributed by atoms with E-state index in [0.717, 1.165) is 18.7 Å². The standard InChI is InChI=1S/C12H9Br2Cl2NS/c1-17-11(8-5-10(13)18-12(8)14)7-3-2-6(15)4-9(7)16/h2-5,11,17H,1H3. The summed E-state index contributed by atoms with van der Waals surface area (Å²) in [6.07, 6.45) is 0. The van der Waals surface area contributed by atoms with Crippen molar-refractivity contribution in [1.82, 2.24) is 5.32 Å². The fourth-order valence-electron chi connectivity index (χ4n) is 1.76. The second-order valence-electron chi connectivity index (χ2n) is 3.67. The van der Waals surface area contributed by atoms with Crippen molar-refractivity contribution in [2.45, 2.75) is 6.04 Å². The van der Waals surface area contributed by atoms with Crippen molar-refractivity contribution in [3.05, 3.63) is 53.0 Å². The molecular formula is C12H9Br2Cl2NS. The maximum absolute atomic E-state index is 6.26. The van der Waals surface area contributed by atoms with Crippen molar-refractivity contribution in [2.75, 3.05) is 7.05 Å². The molecule has 0 aliphatic carbocycles. The highest BCUT2D eigenvalue weighted by Gasteiger charge is 2.19. The summed E-state index contributed by atoms with van der Waals surface area (Å²) < 4.78 is 2.16. The third kappa shape index (κ3) is 3.11. The number of benzene rings is 1. The minimum atomic E-state index is 0.0340. The van der Waals surface area contributed by atoms with E-state index in [1.54, 1.807) is 17.4 Å². The van der Waals surface area contributed by atoms with Crippen LogP contribution in [-0.2, 0) is 0 Å². The van der Waals surface area contributed by atoms with E-state index < -0.39 is 0 Å². The first-order valence-electron chi connectivity index (χ1n) is 5.10. The number of halogens is 4. The van der Waals surface area contributed by atoms with Crippen LogP contribution in [0.5, 0.6) is 0 Å². The van der Waals surface area contributed by atoms with Gasteiger partial charge in [0.05, 0.1) is 13.6 Å². The van der Waals surface area contributed by atoms with Gasteiger partial charge in [-0.15, -0.1) is 11.3 Å². The first-order chi connectivity index (χ1) is 8.52. The van der Waals surface area contributed by atoms with Crippen molar-refractivity contribution in [1.29, 1.82) is 0 Å². The van der Waals surface area contributed by atoms with Crippen LogP contribution in [-0.4, -0.2) is 7.05 Å². The van der Waals surface area contributed by atoms with Gasteiger partial charge >= 0.3 is 0 Å². The van der Waals surface area contributed by atoms with Crippen LogP contribution in [0.1, 0.15) is 17.2 Å². The zero-order valence-corrected chi connectivity index (χ0v) is 14.8. The van der Waals surface area contributed by atoms with Gasteiger partial charge in [-0.1, -0.05) is 29.3 Å². The Morgan fingerprint density at radius 3 is 2.39 bits per heavy atom. The van der Waals surface area contributed by atoms with E-state index in [4.69, 9.17) is 23.2 Å². The Balaban J connectivity index is 2.48. The third-order valence-electron chi connectivity index (χ3n) is 2.56. The molecule has 0 radical (unpaired) electrons. The summed E-state index contributed by atoms with van der Waals surface area (Å²) in [5.41, 5.74) is 2.16. The Bertz CT molecular complexity index is 571. The molecule has 6 heteroatoms. The monoisotopic (exact) mass is 427 g/mol. The van der Waals surface area contributed by atoms with Gasteiger partial charge in [0.15, 0.2) is 0 Å². The summed E-state index contributed by atoms with van der Waals surface area (Å²) in [5, 5.41) is 4.58. The predicted molar refractivity (Wildman–Crippen MR) is 87.1 cm³/mol. The number of thiophene rings is 1. The van der Waals surface area contributed by atoms with E-state index in [1.807, 2.05) is 19.2 Å². The van der Waals surface area contributed by atoms with E-state index >= 15 is 0 Å². The molecule has 0 bridgehead atoms. The van der Waals surface area contributed by atoms with Gasteiger partial charge in [0.25, 0.3) is 0 Å². The Hall–Kier alpha value is 0.420. The Morgan fingerprint density at radius 2 is 1.89 bits per heavy atom. The molecule has 1 nitrogen and oxygen atoms in total. The normalized spacial score (nSPS) is 12.7. The zero-order valence-electron chi connectivity index (χ0n) is 9.31. The van der Waals surface area contributed by atoms with Crippen LogP contribution >= 0.6 is 66.4 Å². The van der Waals surface area contributed by atoms with Crippen molar-refractivity contribution >= 4 is 66.4 Å². The van der Waals surface area contributed by atoms with Gasteiger partial charge in [-0.2, -0.15) is 0 Å². The van der Waals surface area contributed by atoms with E-state index in [1.165, 1.54) is 0 Å². The molecule has 1 aromatic carbocycles. The Kier molecular flexibility index (Phi) is 5.14. The molecule has 1 atom stereocenters. The van der Waals surface area contributed by atoms with E-state index in [9.17, 15) is 0 Å². The number of hydrogen-bond acceptors (Lipinski definition) is 2. The lowest BCUT2D eigenvalue weighted by molar-refractivity contribution is 0.692. The van der Waals surface area contributed by atoms with Gasteiger partial charge in [0.1, 0.15) is 0 Å². The van der Waals surface area contributed by atoms with Gasteiger partial charge in [-0.3, -0.25) is 0 Å². The fourth-order valence-corrected chi connectivity index (χ4v) is 5.18. The van der Waals surface area contributed by atoms with Crippen LogP contribution in [0.15, 0.2) is 31.8 Å². The maximum Gasteiger partial charge on any atom is 0.0761 e. The van der Waals surface area contributed by atoms with Gasteiger partial charge in [0.2, 0.25) is 0 Å².